The molecule has 4 rings (SSSR count). The average Bonchev–Trinajstić information content (AvgIpc) is 2.84. The molecule has 3 aromatic carbocycles. The van der Waals surface area contributed by atoms with E-state index in [1.54, 1.807) is 18.2 Å². The number of piperidine rings is 1. The highest BCUT2D eigenvalue weighted by molar-refractivity contribution is 6.08. The molecule has 2 amide bonds. The molecular weight excluding hydrogens is 400 g/mol. The average molecular weight is 429 g/mol. The van der Waals surface area contributed by atoms with Crippen molar-refractivity contribution in [2.45, 2.75) is 19.3 Å². The Morgan fingerprint density at radius 3 is 2.12 bits per heavy atom. The van der Waals surface area contributed by atoms with Gasteiger partial charge in [0.1, 0.15) is 0 Å². The van der Waals surface area contributed by atoms with E-state index in [0.717, 1.165) is 24.5 Å². The Morgan fingerprint density at radius 2 is 1.38 bits per heavy atom. The minimum absolute atomic E-state index is 0.0590. The zero-order valence-electron chi connectivity index (χ0n) is 18.0. The quantitative estimate of drug-likeness (QED) is 0.496. The smallest absolute Gasteiger partial charge is 0.257 e. The second-order valence-electron chi connectivity index (χ2n) is 7.86. The summed E-state index contributed by atoms with van der Waals surface area (Å²) >= 11 is 0. The number of hydrogen-bond acceptors (Lipinski definition) is 4. The maximum atomic E-state index is 12.7. The molecule has 0 aromatic heterocycles. The molecule has 1 heterocycles. The summed E-state index contributed by atoms with van der Waals surface area (Å²) in [6.45, 7) is 2.24. The van der Waals surface area contributed by atoms with Crippen molar-refractivity contribution in [3.05, 3.63) is 84.4 Å². The Hall–Kier alpha value is -3.80. The summed E-state index contributed by atoms with van der Waals surface area (Å²) in [5.41, 5.74) is 3.76. The third-order valence-corrected chi connectivity index (χ3v) is 5.52. The van der Waals surface area contributed by atoms with Crippen molar-refractivity contribution in [1.29, 1.82) is 0 Å². The summed E-state index contributed by atoms with van der Waals surface area (Å²) in [7, 11) is 0. The van der Waals surface area contributed by atoms with Crippen LogP contribution in [0.25, 0.3) is 0 Å². The molecule has 1 aliphatic rings. The highest BCUT2D eigenvalue weighted by Crippen LogP contribution is 2.22. The minimum Gasteiger partial charge on any atom is -0.376 e. The lowest BCUT2D eigenvalue weighted by molar-refractivity contribution is -0.114. The third kappa shape index (κ3) is 5.66. The minimum atomic E-state index is -0.229. The van der Waals surface area contributed by atoms with Gasteiger partial charge in [0.25, 0.3) is 5.91 Å². The molecular formula is C26H28N4O2. The number of carbonyl (C=O) groups is 2. The Kier molecular flexibility index (Phi) is 7.02. The first kappa shape index (κ1) is 21.4. The monoisotopic (exact) mass is 428 g/mol. The van der Waals surface area contributed by atoms with Crippen LogP contribution in [0.5, 0.6) is 0 Å². The molecule has 0 aliphatic carbocycles. The van der Waals surface area contributed by atoms with Crippen LogP contribution in [0.4, 0.5) is 22.7 Å². The highest BCUT2D eigenvalue weighted by Gasteiger charge is 2.13. The Labute approximate surface area is 188 Å². The highest BCUT2D eigenvalue weighted by atomic mass is 16.2. The number of hydrogen-bond donors (Lipinski definition) is 3. The van der Waals surface area contributed by atoms with Crippen LogP contribution in [-0.2, 0) is 4.79 Å². The van der Waals surface area contributed by atoms with Gasteiger partial charge in [-0.05, 0) is 67.8 Å². The van der Waals surface area contributed by atoms with Gasteiger partial charge in [-0.15, -0.1) is 0 Å². The van der Waals surface area contributed by atoms with Crippen LogP contribution in [0.2, 0.25) is 0 Å². The second kappa shape index (κ2) is 10.5. The Morgan fingerprint density at radius 1 is 0.719 bits per heavy atom. The molecule has 0 atom stereocenters. The Bertz CT molecular complexity index is 1040. The molecule has 6 heteroatoms. The van der Waals surface area contributed by atoms with Crippen molar-refractivity contribution in [3.63, 3.8) is 0 Å². The van der Waals surface area contributed by atoms with E-state index in [0.29, 0.717) is 11.3 Å². The molecule has 3 N–H and O–H groups in total. The van der Waals surface area contributed by atoms with E-state index in [9.17, 15) is 9.59 Å². The van der Waals surface area contributed by atoms with Crippen molar-refractivity contribution >= 4 is 34.6 Å². The van der Waals surface area contributed by atoms with Crippen LogP contribution in [0.15, 0.2) is 78.9 Å². The first-order chi connectivity index (χ1) is 15.7. The van der Waals surface area contributed by atoms with Crippen molar-refractivity contribution in [1.82, 2.24) is 0 Å². The number of nitrogens with one attached hydrogen (secondary N) is 3. The van der Waals surface area contributed by atoms with Gasteiger partial charge in [-0.25, -0.2) is 0 Å². The zero-order chi connectivity index (χ0) is 22.2. The number of amides is 2. The van der Waals surface area contributed by atoms with Crippen LogP contribution in [-0.4, -0.2) is 31.4 Å². The van der Waals surface area contributed by atoms with Crippen LogP contribution < -0.4 is 20.9 Å². The molecule has 0 saturated carbocycles. The molecule has 0 unspecified atom stereocenters. The van der Waals surface area contributed by atoms with Crippen molar-refractivity contribution in [2.75, 3.05) is 40.5 Å². The van der Waals surface area contributed by atoms with Crippen LogP contribution in [0.3, 0.4) is 0 Å². The van der Waals surface area contributed by atoms with Crippen LogP contribution in [0, 0.1) is 0 Å². The van der Waals surface area contributed by atoms with Gasteiger partial charge >= 0.3 is 0 Å². The normalized spacial score (nSPS) is 13.3. The van der Waals surface area contributed by atoms with Gasteiger partial charge in [-0.2, -0.15) is 0 Å². The molecule has 1 aliphatic heterocycles. The molecule has 3 aromatic rings. The van der Waals surface area contributed by atoms with Crippen molar-refractivity contribution in [2.24, 2.45) is 0 Å². The summed E-state index contributed by atoms with van der Waals surface area (Å²) in [5.74, 6) is -0.401. The largest absolute Gasteiger partial charge is 0.376 e. The number of para-hydroxylation sites is 2. The molecule has 1 saturated heterocycles. The number of nitrogens with zero attached hydrogens (tertiary/aromatic N) is 1. The maximum Gasteiger partial charge on any atom is 0.257 e. The molecule has 0 radical (unpaired) electrons. The molecule has 32 heavy (non-hydrogen) atoms. The predicted molar refractivity (Wildman–Crippen MR) is 130 cm³/mol. The van der Waals surface area contributed by atoms with E-state index < -0.39 is 0 Å². The van der Waals surface area contributed by atoms with Gasteiger partial charge in [-0.3, -0.25) is 9.59 Å². The summed E-state index contributed by atoms with van der Waals surface area (Å²) in [5, 5.41) is 8.87. The Balaban J connectivity index is 1.32. The molecule has 1 fully saturated rings. The number of benzene rings is 3. The van der Waals surface area contributed by atoms with Gasteiger partial charge in [0.15, 0.2) is 0 Å². The topological polar surface area (TPSA) is 73.5 Å². The zero-order valence-corrected chi connectivity index (χ0v) is 18.0. The maximum absolute atomic E-state index is 12.7. The van der Waals surface area contributed by atoms with E-state index in [-0.39, 0.29) is 18.4 Å². The fraction of sp³-hybridized carbons (Fsp3) is 0.231. The standard InChI is InChI=1S/C26H28N4O2/c31-25(28-21-13-15-22(16-14-21)30-17-7-2-8-18-30)19-27-24-12-6-5-11-23(24)26(32)29-20-9-3-1-4-10-20/h1,3-6,9-16,27H,2,7-8,17-19H2,(H,28,31)(H,29,32). The van der Waals surface area contributed by atoms with E-state index in [1.165, 1.54) is 24.9 Å². The summed E-state index contributed by atoms with van der Waals surface area (Å²) in [4.78, 5) is 27.5. The first-order valence-corrected chi connectivity index (χ1v) is 11.0. The fourth-order valence-corrected chi connectivity index (χ4v) is 3.84. The third-order valence-electron chi connectivity index (χ3n) is 5.52. The lowest BCUT2D eigenvalue weighted by Gasteiger charge is -2.28. The molecule has 0 spiro atoms. The number of rotatable bonds is 7. The van der Waals surface area contributed by atoms with Gasteiger partial charge in [0, 0.05) is 35.8 Å². The first-order valence-electron chi connectivity index (χ1n) is 11.0. The lowest BCUT2D eigenvalue weighted by Crippen LogP contribution is -2.29. The van der Waals surface area contributed by atoms with Gasteiger partial charge < -0.3 is 20.9 Å². The second-order valence-corrected chi connectivity index (χ2v) is 7.86. The fourth-order valence-electron chi connectivity index (χ4n) is 3.84. The summed E-state index contributed by atoms with van der Waals surface area (Å²) in [6.07, 6.45) is 3.76. The van der Waals surface area contributed by atoms with E-state index in [1.807, 2.05) is 48.5 Å². The van der Waals surface area contributed by atoms with Gasteiger partial charge in [0.05, 0.1) is 12.1 Å². The van der Waals surface area contributed by atoms with E-state index in [4.69, 9.17) is 0 Å². The SMILES string of the molecule is O=C(CNc1ccccc1C(=O)Nc1ccccc1)Nc1ccc(N2CCCCC2)cc1. The lowest BCUT2D eigenvalue weighted by atomic mass is 10.1. The van der Waals surface area contributed by atoms with Crippen LogP contribution >= 0.6 is 0 Å². The van der Waals surface area contributed by atoms with E-state index in [2.05, 4.69) is 33.0 Å². The van der Waals surface area contributed by atoms with Gasteiger partial charge in [0.2, 0.25) is 5.91 Å². The molecule has 6 nitrogen and oxygen atoms in total. The van der Waals surface area contributed by atoms with Crippen molar-refractivity contribution < 1.29 is 9.59 Å². The van der Waals surface area contributed by atoms with Crippen molar-refractivity contribution in [3.8, 4) is 0 Å². The number of anilines is 4. The summed E-state index contributed by atoms with van der Waals surface area (Å²) in [6, 6.07) is 24.4. The summed E-state index contributed by atoms with van der Waals surface area (Å²) < 4.78 is 0. The molecule has 0 bridgehead atoms. The molecule has 164 valence electrons. The van der Waals surface area contributed by atoms with Gasteiger partial charge in [-0.1, -0.05) is 30.3 Å². The predicted octanol–water partition coefficient (Wildman–Crippen LogP) is 4.98. The van der Waals surface area contributed by atoms with E-state index >= 15 is 0 Å². The van der Waals surface area contributed by atoms with Crippen LogP contribution in [0.1, 0.15) is 29.6 Å². The number of carbonyl (C=O) groups excluding carboxylic acids is 2.